The maximum Gasteiger partial charge on any atom is 0.237 e. The normalized spacial score (nSPS) is 12.4. The van der Waals surface area contributed by atoms with Crippen LogP contribution in [-0.2, 0) is 11.3 Å². The van der Waals surface area contributed by atoms with Gasteiger partial charge >= 0.3 is 0 Å². The summed E-state index contributed by atoms with van der Waals surface area (Å²) in [6.45, 7) is 2.63. The Hall–Kier alpha value is -0.520. The summed E-state index contributed by atoms with van der Waals surface area (Å²) in [6, 6.07) is -0.383. The van der Waals surface area contributed by atoms with Gasteiger partial charge < -0.3 is 11.1 Å². The van der Waals surface area contributed by atoms with Gasteiger partial charge in [0.1, 0.15) is 0 Å². The fourth-order valence-corrected chi connectivity index (χ4v) is 2.60. The Labute approximate surface area is 105 Å². The molecule has 1 atom stereocenters. The van der Waals surface area contributed by atoms with E-state index in [1.807, 2.05) is 13.2 Å². The first kappa shape index (κ1) is 13.5. The van der Waals surface area contributed by atoms with Crippen LogP contribution in [-0.4, -0.2) is 24.0 Å². The van der Waals surface area contributed by atoms with E-state index in [2.05, 4.69) is 16.1 Å². The molecular formula is C11H18N2OS2. The van der Waals surface area contributed by atoms with E-state index in [0.29, 0.717) is 6.54 Å². The largest absolute Gasteiger partial charge is 0.351 e. The quantitative estimate of drug-likeness (QED) is 0.817. The summed E-state index contributed by atoms with van der Waals surface area (Å²) in [5.74, 6) is 0.867. The second-order valence-corrected chi connectivity index (χ2v) is 5.41. The zero-order valence-electron chi connectivity index (χ0n) is 9.66. The highest BCUT2D eigenvalue weighted by Gasteiger charge is 2.12. The van der Waals surface area contributed by atoms with Crippen molar-refractivity contribution >= 4 is 29.0 Å². The molecule has 0 fully saturated rings. The third-order valence-corrected chi connectivity index (χ3v) is 3.94. The van der Waals surface area contributed by atoms with E-state index in [-0.39, 0.29) is 11.9 Å². The average Bonchev–Trinajstić information content (AvgIpc) is 2.68. The maximum absolute atomic E-state index is 11.6. The summed E-state index contributed by atoms with van der Waals surface area (Å²) in [4.78, 5) is 11.6. The van der Waals surface area contributed by atoms with Crippen LogP contribution in [0.3, 0.4) is 0 Å². The van der Waals surface area contributed by atoms with Gasteiger partial charge in [-0.05, 0) is 47.2 Å². The average molecular weight is 258 g/mol. The van der Waals surface area contributed by atoms with Crippen LogP contribution < -0.4 is 11.1 Å². The van der Waals surface area contributed by atoms with E-state index in [4.69, 9.17) is 5.73 Å². The van der Waals surface area contributed by atoms with Crippen molar-refractivity contribution < 1.29 is 4.79 Å². The highest BCUT2D eigenvalue weighted by Crippen LogP contribution is 2.13. The lowest BCUT2D eigenvalue weighted by Gasteiger charge is -2.11. The number of nitrogens with two attached hydrogens (primary N) is 1. The van der Waals surface area contributed by atoms with Crippen LogP contribution in [0, 0.1) is 6.92 Å². The van der Waals surface area contributed by atoms with Crippen molar-refractivity contribution in [1.82, 2.24) is 5.32 Å². The number of nitrogens with one attached hydrogen (secondary N) is 1. The molecule has 0 saturated heterocycles. The molecule has 0 aliphatic carbocycles. The van der Waals surface area contributed by atoms with Gasteiger partial charge in [0.25, 0.3) is 0 Å². The Bertz CT molecular complexity index is 338. The summed E-state index contributed by atoms with van der Waals surface area (Å²) in [7, 11) is 0. The Kier molecular flexibility index (Phi) is 5.87. The minimum absolute atomic E-state index is 0.0559. The van der Waals surface area contributed by atoms with Gasteiger partial charge in [0.05, 0.1) is 6.04 Å². The first-order valence-corrected chi connectivity index (χ1v) is 7.52. The first-order valence-electron chi connectivity index (χ1n) is 5.19. The standard InChI is InChI=1S/C11H18N2OS2/c1-8-6-16-7-9(8)5-13-11(14)10(12)3-4-15-2/h6-7,10H,3-5,12H2,1-2H3,(H,13,14)/t10-/m0/s1. The number of thioether (sulfide) groups is 1. The van der Waals surface area contributed by atoms with Crippen molar-refractivity contribution in [1.29, 1.82) is 0 Å². The van der Waals surface area contributed by atoms with Crippen LogP contribution in [0.5, 0.6) is 0 Å². The fourth-order valence-electron chi connectivity index (χ4n) is 1.26. The lowest BCUT2D eigenvalue weighted by molar-refractivity contribution is -0.122. The number of hydrogen-bond donors (Lipinski definition) is 2. The molecule has 1 aromatic rings. The van der Waals surface area contributed by atoms with Crippen molar-refractivity contribution in [3.8, 4) is 0 Å². The number of carbonyl (C=O) groups is 1. The molecule has 0 radical (unpaired) electrons. The SMILES string of the molecule is CSCC[C@H](N)C(=O)NCc1cscc1C. The predicted molar refractivity (Wildman–Crippen MR) is 71.9 cm³/mol. The lowest BCUT2D eigenvalue weighted by atomic mass is 10.2. The highest BCUT2D eigenvalue weighted by molar-refractivity contribution is 7.98. The van der Waals surface area contributed by atoms with Gasteiger partial charge in [-0.15, -0.1) is 0 Å². The number of aryl methyl sites for hydroxylation is 1. The second-order valence-electron chi connectivity index (χ2n) is 3.69. The molecule has 90 valence electrons. The summed E-state index contributed by atoms with van der Waals surface area (Å²) in [6.07, 6.45) is 2.75. The Morgan fingerprint density at radius 3 is 2.94 bits per heavy atom. The molecule has 0 unspecified atom stereocenters. The van der Waals surface area contributed by atoms with Crippen molar-refractivity contribution in [3.63, 3.8) is 0 Å². The molecule has 1 rings (SSSR count). The highest BCUT2D eigenvalue weighted by atomic mass is 32.2. The lowest BCUT2D eigenvalue weighted by Crippen LogP contribution is -2.40. The molecule has 0 spiro atoms. The molecular weight excluding hydrogens is 240 g/mol. The molecule has 0 aliphatic heterocycles. The number of hydrogen-bond acceptors (Lipinski definition) is 4. The van der Waals surface area contributed by atoms with Crippen LogP contribution in [0.15, 0.2) is 10.8 Å². The van der Waals surface area contributed by atoms with Crippen molar-refractivity contribution in [3.05, 3.63) is 21.9 Å². The van der Waals surface area contributed by atoms with Gasteiger partial charge in [0.2, 0.25) is 5.91 Å². The first-order chi connectivity index (χ1) is 7.65. The molecule has 3 N–H and O–H groups in total. The van der Waals surface area contributed by atoms with E-state index in [9.17, 15) is 4.79 Å². The van der Waals surface area contributed by atoms with Crippen molar-refractivity contribution in [2.24, 2.45) is 5.73 Å². The van der Waals surface area contributed by atoms with Crippen LogP contribution >= 0.6 is 23.1 Å². The molecule has 16 heavy (non-hydrogen) atoms. The van der Waals surface area contributed by atoms with Crippen LogP contribution in [0.25, 0.3) is 0 Å². The third-order valence-electron chi connectivity index (χ3n) is 2.38. The van der Waals surface area contributed by atoms with E-state index in [1.54, 1.807) is 23.1 Å². The van der Waals surface area contributed by atoms with Gasteiger partial charge in [0.15, 0.2) is 0 Å². The van der Waals surface area contributed by atoms with Gasteiger partial charge in [-0.25, -0.2) is 0 Å². The van der Waals surface area contributed by atoms with E-state index in [0.717, 1.165) is 12.2 Å². The minimum atomic E-state index is -0.383. The Morgan fingerprint density at radius 2 is 2.38 bits per heavy atom. The second kappa shape index (κ2) is 6.93. The van der Waals surface area contributed by atoms with E-state index in [1.165, 1.54) is 11.1 Å². The van der Waals surface area contributed by atoms with Crippen LogP contribution in [0.1, 0.15) is 17.5 Å². The van der Waals surface area contributed by atoms with Gasteiger partial charge in [-0.2, -0.15) is 23.1 Å². The number of amides is 1. The zero-order chi connectivity index (χ0) is 12.0. The van der Waals surface area contributed by atoms with Crippen LogP contribution in [0.2, 0.25) is 0 Å². The number of carbonyl (C=O) groups excluding carboxylic acids is 1. The number of thiophene rings is 1. The van der Waals surface area contributed by atoms with E-state index < -0.39 is 0 Å². The molecule has 0 aliphatic rings. The van der Waals surface area contributed by atoms with Gasteiger partial charge in [0, 0.05) is 6.54 Å². The minimum Gasteiger partial charge on any atom is -0.351 e. The Morgan fingerprint density at radius 1 is 1.62 bits per heavy atom. The monoisotopic (exact) mass is 258 g/mol. The fraction of sp³-hybridized carbons (Fsp3) is 0.545. The molecule has 1 amide bonds. The van der Waals surface area contributed by atoms with Gasteiger partial charge in [-0.3, -0.25) is 4.79 Å². The topological polar surface area (TPSA) is 55.1 Å². The summed E-state index contributed by atoms with van der Waals surface area (Å²) < 4.78 is 0. The van der Waals surface area contributed by atoms with E-state index >= 15 is 0 Å². The molecule has 0 saturated carbocycles. The van der Waals surface area contributed by atoms with Crippen molar-refractivity contribution in [2.75, 3.05) is 12.0 Å². The molecule has 1 aromatic heterocycles. The number of rotatable bonds is 6. The van der Waals surface area contributed by atoms with Crippen molar-refractivity contribution in [2.45, 2.75) is 25.9 Å². The third kappa shape index (κ3) is 4.15. The molecule has 1 heterocycles. The Balaban J connectivity index is 2.32. The smallest absolute Gasteiger partial charge is 0.237 e. The molecule has 0 bridgehead atoms. The molecule has 5 heteroatoms. The summed E-state index contributed by atoms with van der Waals surface area (Å²) in [5, 5.41) is 7.01. The zero-order valence-corrected chi connectivity index (χ0v) is 11.3. The summed E-state index contributed by atoms with van der Waals surface area (Å²) in [5.41, 5.74) is 8.16. The molecule has 3 nitrogen and oxygen atoms in total. The predicted octanol–water partition coefficient (Wildman–Crippen LogP) is 1.75. The summed E-state index contributed by atoms with van der Waals surface area (Å²) >= 11 is 3.36. The molecule has 0 aromatic carbocycles. The maximum atomic E-state index is 11.6. The van der Waals surface area contributed by atoms with Gasteiger partial charge in [-0.1, -0.05) is 0 Å². The van der Waals surface area contributed by atoms with Crippen LogP contribution in [0.4, 0.5) is 0 Å².